The Labute approximate surface area is 109 Å². The maximum Gasteiger partial charge on any atom is 0.127 e. The van der Waals surface area contributed by atoms with Crippen LogP contribution in [0.15, 0.2) is 36.0 Å². The molecule has 0 radical (unpaired) electrons. The quantitative estimate of drug-likeness (QED) is 0.740. The largest absolute Gasteiger partial charge is 0.384 e. The van der Waals surface area contributed by atoms with Crippen molar-refractivity contribution in [2.45, 2.75) is 6.92 Å². The van der Waals surface area contributed by atoms with E-state index in [1.165, 1.54) is 5.56 Å². The van der Waals surface area contributed by atoms with Crippen LogP contribution in [-0.2, 0) is 0 Å². The average Bonchev–Trinajstić information content (AvgIpc) is 2.96. The first-order valence-corrected chi connectivity index (χ1v) is 6.43. The van der Waals surface area contributed by atoms with Crippen LogP contribution >= 0.6 is 11.3 Å². The summed E-state index contributed by atoms with van der Waals surface area (Å²) in [6.45, 7) is 2.07. The van der Waals surface area contributed by atoms with Crippen LogP contribution in [-0.4, -0.2) is 15.2 Å². The third-order valence-corrected chi connectivity index (χ3v) is 3.78. The molecule has 0 aliphatic rings. The van der Waals surface area contributed by atoms with Gasteiger partial charge >= 0.3 is 0 Å². The van der Waals surface area contributed by atoms with Gasteiger partial charge in [0.25, 0.3) is 0 Å². The van der Waals surface area contributed by atoms with Crippen molar-refractivity contribution < 1.29 is 0 Å². The minimum absolute atomic E-state index is 0.585. The Hall–Kier alpha value is -2.14. The smallest absolute Gasteiger partial charge is 0.127 e. The summed E-state index contributed by atoms with van der Waals surface area (Å²) in [4.78, 5) is 5.14. The van der Waals surface area contributed by atoms with Crippen molar-refractivity contribution in [3.8, 4) is 21.7 Å². The Morgan fingerprint density at radius 2 is 2.06 bits per heavy atom. The molecule has 0 saturated carbocycles. The van der Waals surface area contributed by atoms with Crippen molar-refractivity contribution in [2.24, 2.45) is 0 Å². The molecule has 5 heteroatoms. The predicted molar refractivity (Wildman–Crippen MR) is 74.3 cm³/mol. The van der Waals surface area contributed by atoms with E-state index < -0.39 is 0 Å². The average molecular weight is 256 g/mol. The summed E-state index contributed by atoms with van der Waals surface area (Å²) >= 11 is 1.67. The lowest BCUT2D eigenvalue weighted by Crippen LogP contribution is -1.88. The summed E-state index contributed by atoms with van der Waals surface area (Å²) < 4.78 is 0. The zero-order valence-electron chi connectivity index (χ0n) is 9.84. The van der Waals surface area contributed by atoms with E-state index in [9.17, 15) is 0 Å². The number of hydrogen-bond donors (Lipinski definition) is 2. The number of nitrogens with zero attached hydrogens (tertiary/aromatic N) is 2. The van der Waals surface area contributed by atoms with E-state index in [2.05, 4.69) is 33.6 Å². The molecule has 90 valence electrons. The molecule has 0 spiro atoms. The van der Waals surface area contributed by atoms with Crippen LogP contribution in [0, 0.1) is 6.92 Å². The topological polar surface area (TPSA) is 67.6 Å². The molecule has 18 heavy (non-hydrogen) atoms. The molecule has 0 aliphatic carbocycles. The molecule has 0 atom stereocenters. The highest BCUT2D eigenvalue weighted by molar-refractivity contribution is 7.13. The van der Waals surface area contributed by atoms with Crippen LogP contribution in [0.25, 0.3) is 21.7 Å². The predicted octanol–water partition coefficient (Wildman–Crippen LogP) is 3.09. The number of hydrogen-bond acceptors (Lipinski definition) is 4. The molecule has 4 nitrogen and oxygen atoms in total. The van der Waals surface area contributed by atoms with Gasteiger partial charge < -0.3 is 5.73 Å². The van der Waals surface area contributed by atoms with Crippen molar-refractivity contribution in [2.75, 3.05) is 5.73 Å². The normalized spacial score (nSPS) is 10.7. The fourth-order valence-electron chi connectivity index (χ4n) is 1.90. The number of rotatable bonds is 2. The Morgan fingerprint density at radius 1 is 1.28 bits per heavy atom. The lowest BCUT2D eigenvalue weighted by molar-refractivity contribution is 1.11. The van der Waals surface area contributed by atoms with Gasteiger partial charge in [0.2, 0.25) is 0 Å². The number of thiophene rings is 1. The standard InChI is InChI=1S/C13H12N4S/c1-8-6-10(18-7-8)12-11(13(14)17-16-12)9-2-4-15-5-3-9/h2-7H,1H3,(H3,14,16,17). The highest BCUT2D eigenvalue weighted by Crippen LogP contribution is 2.36. The van der Waals surface area contributed by atoms with Gasteiger partial charge in [0, 0.05) is 12.4 Å². The molecular weight excluding hydrogens is 244 g/mol. The van der Waals surface area contributed by atoms with Gasteiger partial charge in [-0.05, 0) is 41.6 Å². The summed E-state index contributed by atoms with van der Waals surface area (Å²) in [5, 5.41) is 9.28. The van der Waals surface area contributed by atoms with Crippen LogP contribution in [0.1, 0.15) is 5.56 Å². The Bertz CT molecular complexity index is 669. The molecule has 0 aromatic carbocycles. The zero-order chi connectivity index (χ0) is 12.5. The molecule has 0 fully saturated rings. The third-order valence-electron chi connectivity index (χ3n) is 2.73. The number of aromatic amines is 1. The zero-order valence-corrected chi connectivity index (χ0v) is 10.7. The van der Waals surface area contributed by atoms with Gasteiger partial charge in [0.1, 0.15) is 11.5 Å². The monoisotopic (exact) mass is 256 g/mol. The third kappa shape index (κ3) is 1.78. The Kier molecular flexibility index (Phi) is 2.60. The van der Waals surface area contributed by atoms with Gasteiger partial charge in [-0.1, -0.05) is 0 Å². The number of H-pyrrole nitrogens is 1. The number of aromatic nitrogens is 3. The molecule has 3 rings (SSSR count). The second-order valence-electron chi connectivity index (χ2n) is 4.09. The van der Waals surface area contributed by atoms with E-state index in [-0.39, 0.29) is 0 Å². The molecule has 3 heterocycles. The SMILES string of the molecule is Cc1csc(-c2n[nH]c(N)c2-c2ccncc2)c1. The second-order valence-corrected chi connectivity index (χ2v) is 5.00. The van der Waals surface area contributed by atoms with Crippen molar-refractivity contribution >= 4 is 17.2 Å². The second kappa shape index (κ2) is 4.27. The van der Waals surface area contributed by atoms with Gasteiger partial charge in [-0.25, -0.2) is 0 Å². The van der Waals surface area contributed by atoms with Gasteiger partial charge in [-0.3, -0.25) is 10.1 Å². The van der Waals surface area contributed by atoms with E-state index in [0.717, 1.165) is 21.7 Å². The summed E-state index contributed by atoms with van der Waals surface area (Å²) in [5.41, 5.74) is 10.1. The molecule has 0 aliphatic heterocycles. The fourth-order valence-corrected chi connectivity index (χ4v) is 2.79. The molecule has 0 amide bonds. The van der Waals surface area contributed by atoms with E-state index in [1.807, 2.05) is 12.1 Å². The first kappa shape index (κ1) is 11.0. The minimum atomic E-state index is 0.585. The van der Waals surface area contributed by atoms with Gasteiger partial charge in [-0.15, -0.1) is 11.3 Å². The maximum absolute atomic E-state index is 5.98. The lowest BCUT2D eigenvalue weighted by atomic mass is 10.1. The maximum atomic E-state index is 5.98. The van der Waals surface area contributed by atoms with E-state index in [4.69, 9.17) is 5.73 Å². The lowest BCUT2D eigenvalue weighted by Gasteiger charge is -2.01. The van der Waals surface area contributed by atoms with E-state index >= 15 is 0 Å². The van der Waals surface area contributed by atoms with E-state index in [1.54, 1.807) is 23.7 Å². The molecule has 3 N–H and O–H groups in total. The molecule has 0 unspecified atom stereocenters. The first-order valence-electron chi connectivity index (χ1n) is 5.55. The molecule has 3 aromatic heterocycles. The van der Waals surface area contributed by atoms with Crippen molar-refractivity contribution in [3.05, 3.63) is 41.5 Å². The molecular formula is C13H12N4S. The summed E-state index contributed by atoms with van der Waals surface area (Å²) in [6.07, 6.45) is 3.51. The summed E-state index contributed by atoms with van der Waals surface area (Å²) in [7, 11) is 0. The van der Waals surface area contributed by atoms with Crippen LogP contribution in [0.2, 0.25) is 0 Å². The van der Waals surface area contributed by atoms with Gasteiger partial charge in [0.15, 0.2) is 0 Å². The summed E-state index contributed by atoms with van der Waals surface area (Å²) in [6, 6.07) is 5.99. The minimum Gasteiger partial charge on any atom is -0.384 e. The number of nitrogens with two attached hydrogens (primary N) is 1. The highest BCUT2D eigenvalue weighted by Gasteiger charge is 2.15. The van der Waals surface area contributed by atoms with Crippen LogP contribution < -0.4 is 5.73 Å². The number of anilines is 1. The van der Waals surface area contributed by atoms with Crippen LogP contribution in [0.4, 0.5) is 5.82 Å². The van der Waals surface area contributed by atoms with Crippen molar-refractivity contribution in [1.29, 1.82) is 0 Å². The van der Waals surface area contributed by atoms with Gasteiger partial charge in [0.05, 0.1) is 10.4 Å². The number of nitrogens with one attached hydrogen (secondary N) is 1. The summed E-state index contributed by atoms with van der Waals surface area (Å²) in [5.74, 6) is 0.585. The first-order chi connectivity index (χ1) is 8.75. The number of nitrogen functional groups attached to an aromatic ring is 1. The number of aryl methyl sites for hydroxylation is 1. The van der Waals surface area contributed by atoms with Crippen LogP contribution in [0.5, 0.6) is 0 Å². The Balaban J connectivity index is 2.18. The molecule has 3 aromatic rings. The van der Waals surface area contributed by atoms with Crippen LogP contribution in [0.3, 0.4) is 0 Å². The molecule has 0 bridgehead atoms. The Morgan fingerprint density at radius 3 is 2.72 bits per heavy atom. The highest BCUT2D eigenvalue weighted by atomic mass is 32.1. The van der Waals surface area contributed by atoms with Crippen molar-refractivity contribution in [3.63, 3.8) is 0 Å². The van der Waals surface area contributed by atoms with Gasteiger partial charge in [-0.2, -0.15) is 5.10 Å². The van der Waals surface area contributed by atoms with Crippen molar-refractivity contribution in [1.82, 2.24) is 15.2 Å². The fraction of sp³-hybridized carbons (Fsp3) is 0.0769. The van der Waals surface area contributed by atoms with E-state index in [0.29, 0.717) is 5.82 Å². The number of pyridine rings is 1. The molecule has 0 saturated heterocycles.